The van der Waals surface area contributed by atoms with Crippen molar-refractivity contribution < 1.29 is 0 Å². The van der Waals surface area contributed by atoms with E-state index in [0.29, 0.717) is 0 Å². The molecule has 0 fully saturated rings. The van der Waals surface area contributed by atoms with Gasteiger partial charge >= 0.3 is 0 Å². The average molecular weight is 899 g/mol. The van der Waals surface area contributed by atoms with Crippen LogP contribution in [0.5, 0.6) is 0 Å². The molecule has 1 heterocycles. The largest absolute Gasteiger partial charge is 0.292 e. The lowest BCUT2D eigenvalue weighted by Gasteiger charge is -2.18. The summed E-state index contributed by atoms with van der Waals surface area (Å²) in [5.41, 5.74) is 11.3. The van der Waals surface area contributed by atoms with Gasteiger partial charge < -0.3 is 0 Å². The van der Waals surface area contributed by atoms with Crippen molar-refractivity contribution in [3.05, 3.63) is 255 Å². The predicted octanol–water partition coefficient (Wildman–Crippen LogP) is 18.9. The number of hydrogen-bond acceptors (Lipinski definition) is 1. The molecule has 1 aromatic heterocycles. The van der Waals surface area contributed by atoms with Crippen molar-refractivity contribution in [2.45, 2.75) is 0 Å². The Balaban J connectivity index is 1.01. The third kappa shape index (κ3) is 6.11. The van der Waals surface area contributed by atoms with Gasteiger partial charge in [0.25, 0.3) is 0 Å². The maximum Gasteiger partial charge on any atom is 0.145 e. The first-order chi connectivity index (χ1) is 35.2. The first-order valence-electron chi connectivity index (χ1n) is 24.5. The summed E-state index contributed by atoms with van der Waals surface area (Å²) in [5, 5.41) is 20.2. The van der Waals surface area contributed by atoms with E-state index >= 15 is 0 Å². The maximum absolute atomic E-state index is 5.39. The van der Waals surface area contributed by atoms with Crippen LogP contribution in [0.3, 0.4) is 0 Å². The minimum absolute atomic E-state index is 0.924. The summed E-state index contributed by atoms with van der Waals surface area (Å²) in [7, 11) is 0. The molecule has 0 radical (unpaired) electrons. The van der Waals surface area contributed by atoms with Crippen molar-refractivity contribution in [1.82, 2.24) is 9.55 Å². The minimum atomic E-state index is 0.924. The van der Waals surface area contributed by atoms with Gasteiger partial charge in [-0.15, -0.1) is 0 Å². The summed E-state index contributed by atoms with van der Waals surface area (Å²) in [6, 6.07) is 94.0. The van der Waals surface area contributed by atoms with E-state index in [0.717, 1.165) is 39.2 Å². The Morgan fingerprint density at radius 1 is 0.225 bits per heavy atom. The van der Waals surface area contributed by atoms with Crippen LogP contribution in [0.25, 0.3) is 148 Å². The Kier molecular flexibility index (Phi) is 8.69. The number of benzene rings is 14. The third-order valence-corrected chi connectivity index (χ3v) is 15.1. The van der Waals surface area contributed by atoms with Gasteiger partial charge in [0, 0.05) is 11.3 Å². The molecular weight excluding hydrogens is 857 g/mol. The number of imidazole rings is 1. The quantitative estimate of drug-likeness (QED) is 0.157. The maximum atomic E-state index is 5.39. The molecule has 15 rings (SSSR count). The van der Waals surface area contributed by atoms with Gasteiger partial charge in [0.2, 0.25) is 0 Å². The molecule has 0 atom stereocenters. The van der Waals surface area contributed by atoms with Crippen molar-refractivity contribution in [1.29, 1.82) is 0 Å². The smallest absolute Gasteiger partial charge is 0.145 e. The lowest BCUT2D eigenvalue weighted by molar-refractivity contribution is 1.10. The Bertz CT molecular complexity index is 4610. The van der Waals surface area contributed by atoms with Crippen molar-refractivity contribution >= 4 is 97.2 Å². The van der Waals surface area contributed by atoms with E-state index < -0.39 is 0 Å². The van der Waals surface area contributed by atoms with Gasteiger partial charge in [-0.2, -0.15) is 0 Å². The molecular formula is C69H42N2. The summed E-state index contributed by atoms with van der Waals surface area (Å²) in [5.74, 6) is 0.924. The van der Waals surface area contributed by atoms with Crippen molar-refractivity contribution in [3.8, 4) is 50.5 Å². The standard InChI is InChI=1S/C69H42N2/c1-3-17-43(18-4-1)69-70-67-41-44(33-36-68(67)71(69)48-19-5-2-6-20-48)47-39-61(45-31-34-59-53-25-9-7-21-49(53)51-23-11-14-28-56(51)63(59)37-45)66-42-62(55-27-13-16-30-58(55)65(66)40-47)46-32-35-60-54-26-10-8-22-50(54)52-24-12-15-29-57(52)64(60)38-46/h1-42H. The monoisotopic (exact) mass is 898 g/mol. The van der Waals surface area contributed by atoms with Crippen LogP contribution in [-0.2, 0) is 0 Å². The lowest BCUT2D eigenvalue weighted by atomic mass is 9.85. The molecule has 2 heteroatoms. The van der Waals surface area contributed by atoms with Gasteiger partial charge in [-0.05, 0) is 174 Å². The van der Waals surface area contributed by atoms with Crippen molar-refractivity contribution in [2.24, 2.45) is 0 Å². The number of rotatable bonds is 5. The number of para-hydroxylation sites is 1. The fourth-order valence-corrected chi connectivity index (χ4v) is 11.9. The van der Waals surface area contributed by atoms with Crippen LogP contribution in [0.1, 0.15) is 0 Å². The van der Waals surface area contributed by atoms with Gasteiger partial charge in [0.05, 0.1) is 11.0 Å². The number of nitrogens with zero attached hydrogens (tertiary/aromatic N) is 2. The summed E-state index contributed by atoms with van der Waals surface area (Å²) < 4.78 is 2.29. The summed E-state index contributed by atoms with van der Waals surface area (Å²) in [6.07, 6.45) is 0. The normalized spacial score (nSPS) is 11.9. The molecule has 15 aromatic rings. The number of fused-ring (bicyclic) bond motifs is 16. The highest BCUT2D eigenvalue weighted by molar-refractivity contribution is 6.28. The highest BCUT2D eigenvalue weighted by atomic mass is 15.1. The summed E-state index contributed by atoms with van der Waals surface area (Å²) in [6.45, 7) is 0. The molecule has 14 aromatic carbocycles. The van der Waals surface area contributed by atoms with Crippen molar-refractivity contribution in [2.75, 3.05) is 0 Å². The van der Waals surface area contributed by atoms with Crippen LogP contribution < -0.4 is 0 Å². The zero-order valence-electron chi connectivity index (χ0n) is 38.6. The fourth-order valence-electron chi connectivity index (χ4n) is 11.9. The van der Waals surface area contributed by atoms with E-state index in [1.807, 2.05) is 0 Å². The number of hydrogen-bond donors (Lipinski definition) is 0. The molecule has 0 unspecified atom stereocenters. The number of aromatic nitrogens is 2. The van der Waals surface area contributed by atoms with E-state index in [-0.39, 0.29) is 0 Å². The van der Waals surface area contributed by atoms with E-state index in [4.69, 9.17) is 4.98 Å². The predicted molar refractivity (Wildman–Crippen MR) is 303 cm³/mol. The zero-order chi connectivity index (χ0) is 46.6. The Labute approximate surface area is 409 Å². The first kappa shape index (κ1) is 39.6. The summed E-state index contributed by atoms with van der Waals surface area (Å²) >= 11 is 0. The highest BCUT2D eigenvalue weighted by Gasteiger charge is 2.20. The molecule has 0 amide bonds. The van der Waals surface area contributed by atoms with Crippen LogP contribution in [0.2, 0.25) is 0 Å². The van der Waals surface area contributed by atoms with Gasteiger partial charge in [0.15, 0.2) is 0 Å². The van der Waals surface area contributed by atoms with Gasteiger partial charge in [-0.1, -0.05) is 200 Å². The van der Waals surface area contributed by atoms with Gasteiger partial charge in [-0.25, -0.2) is 4.98 Å². The minimum Gasteiger partial charge on any atom is -0.292 e. The van der Waals surface area contributed by atoms with E-state index in [2.05, 4.69) is 259 Å². The third-order valence-electron chi connectivity index (χ3n) is 15.1. The van der Waals surface area contributed by atoms with Crippen LogP contribution in [-0.4, -0.2) is 9.55 Å². The highest BCUT2D eigenvalue weighted by Crippen LogP contribution is 2.46. The molecule has 0 aliphatic carbocycles. The van der Waals surface area contributed by atoms with Crippen LogP contribution in [0.15, 0.2) is 255 Å². The molecule has 71 heavy (non-hydrogen) atoms. The van der Waals surface area contributed by atoms with Crippen LogP contribution in [0.4, 0.5) is 0 Å². The Hall–Kier alpha value is -9.37. The lowest BCUT2D eigenvalue weighted by Crippen LogP contribution is -1.97. The van der Waals surface area contributed by atoms with E-state index in [1.54, 1.807) is 0 Å². The van der Waals surface area contributed by atoms with Gasteiger partial charge in [-0.3, -0.25) is 4.57 Å². The second-order valence-corrected chi connectivity index (χ2v) is 19.0. The SMILES string of the molecule is c1ccc(-c2nc3cc(-c4cc(-c5ccc6c7ccccc7c7ccccc7c6c5)c5cc(-c6ccc7c8ccccc8c8ccccc8c7c6)c6ccccc6c5c4)ccc3n2-c2ccccc2)cc1. The second-order valence-electron chi connectivity index (χ2n) is 19.0. The van der Waals surface area contributed by atoms with Crippen LogP contribution in [0, 0.1) is 0 Å². The molecule has 0 bridgehead atoms. The van der Waals surface area contributed by atoms with E-state index in [1.165, 1.54) is 108 Å². The van der Waals surface area contributed by atoms with Crippen molar-refractivity contribution in [3.63, 3.8) is 0 Å². The molecule has 0 saturated carbocycles. The molecule has 0 aliphatic rings. The average Bonchev–Trinajstić information content (AvgIpc) is 3.84. The molecule has 0 aliphatic heterocycles. The molecule has 0 spiro atoms. The topological polar surface area (TPSA) is 17.8 Å². The second kappa shape index (κ2) is 15.6. The molecule has 2 nitrogen and oxygen atoms in total. The zero-order valence-corrected chi connectivity index (χ0v) is 38.6. The van der Waals surface area contributed by atoms with Crippen LogP contribution >= 0.6 is 0 Å². The molecule has 0 saturated heterocycles. The fraction of sp³-hybridized carbons (Fsp3) is 0. The Morgan fingerprint density at radius 2 is 0.606 bits per heavy atom. The molecule has 0 N–H and O–H groups in total. The summed E-state index contributed by atoms with van der Waals surface area (Å²) in [4.78, 5) is 5.39. The Morgan fingerprint density at radius 3 is 1.13 bits per heavy atom. The van der Waals surface area contributed by atoms with E-state index in [9.17, 15) is 0 Å². The molecule has 328 valence electrons. The van der Waals surface area contributed by atoms with Gasteiger partial charge in [0.1, 0.15) is 5.82 Å². The first-order valence-corrected chi connectivity index (χ1v) is 24.5.